The van der Waals surface area contributed by atoms with Crippen LogP contribution in [0.2, 0.25) is 18.1 Å². The van der Waals surface area contributed by atoms with Crippen molar-refractivity contribution in [1.29, 1.82) is 0 Å². The molecule has 0 spiro atoms. The van der Waals surface area contributed by atoms with Crippen molar-refractivity contribution >= 4 is 19.9 Å². The summed E-state index contributed by atoms with van der Waals surface area (Å²) in [5.41, 5.74) is 0.528. The second-order valence-electron chi connectivity index (χ2n) is 12.0. The first kappa shape index (κ1) is 29.7. The molecule has 0 aliphatic carbocycles. The lowest BCUT2D eigenvalue weighted by atomic mass is 9.69. The first-order chi connectivity index (χ1) is 15.0. The van der Waals surface area contributed by atoms with Gasteiger partial charge < -0.3 is 14.0 Å². The lowest BCUT2D eigenvalue weighted by molar-refractivity contribution is -0.138. The zero-order valence-electron chi connectivity index (χ0n) is 23.0. The number of hydrogen-bond donors (Lipinski definition) is 0. The molecule has 0 aliphatic heterocycles. The van der Waals surface area contributed by atoms with Gasteiger partial charge in [0.25, 0.3) is 0 Å². The van der Waals surface area contributed by atoms with Crippen molar-refractivity contribution in [3.05, 3.63) is 35.9 Å². The van der Waals surface area contributed by atoms with E-state index in [1.54, 1.807) is 6.92 Å². The van der Waals surface area contributed by atoms with Gasteiger partial charge in [-0.1, -0.05) is 85.7 Å². The predicted octanol–water partition coefficient (Wildman–Crippen LogP) is 7.08. The smallest absolute Gasteiger partial charge is 0.192 e. The van der Waals surface area contributed by atoms with Crippen molar-refractivity contribution in [3.8, 4) is 0 Å². The molecule has 0 unspecified atom stereocenters. The summed E-state index contributed by atoms with van der Waals surface area (Å²) in [6, 6.07) is 10.1. The standard InChI is InChI=1S/C28H48O4Si/c1-20(18-31-19-24-15-13-12-14-16-24)25(32-33(10,11)27(5,6)7)23(4)26(30)28(8,9)21(2)17-22(3)29/h12-16,20-21,23,25H,17-19H2,1-11H3/t20-,21-,23+,25-/m0/s1. The first-order valence-corrected chi connectivity index (χ1v) is 15.2. The van der Waals surface area contributed by atoms with Gasteiger partial charge in [0.2, 0.25) is 0 Å². The van der Waals surface area contributed by atoms with Crippen LogP contribution in [0.15, 0.2) is 30.3 Å². The van der Waals surface area contributed by atoms with E-state index in [1.807, 2.05) is 45.9 Å². The third kappa shape index (κ3) is 8.45. The second-order valence-corrected chi connectivity index (χ2v) is 16.8. The van der Waals surface area contributed by atoms with Crippen LogP contribution in [0.3, 0.4) is 0 Å². The van der Waals surface area contributed by atoms with E-state index in [0.29, 0.717) is 19.6 Å². The summed E-state index contributed by atoms with van der Waals surface area (Å²) in [6.07, 6.45) is 0.174. The first-order valence-electron chi connectivity index (χ1n) is 12.3. The van der Waals surface area contributed by atoms with Crippen molar-refractivity contribution in [1.82, 2.24) is 0 Å². The van der Waals surface area contributed by atoms with Crippen LogP contribution in [0.4, 0.5) is 0 Å². The van der Waals surface area contributed by atoms with Crippen LogP contribution in [0, 0.1) is 23.2 Å². The van der Waals surface area contributed by atoms with E-state index in [1.165, 1.54) is 0 Å². The average molecular weight is 477 g/mol. The molecule has 0 radical (unpaired) electrons. The van der Waals surface area contributed by atoms with Gasteiger partial charge in [0, 0.05) is 23.7 Å². The topological polar surface area (TPSA) is 52.6 Å². The van der Waals surface area contributed by atoms with Crippen molar-refractivity contribution in [3.63, 3.8) is 0 Å². The van der Waals surface area contributed by atoms with E-state index in [9.17, 15) is 9.59 Å². The summed E-state index contributed by atoms with van der Waals surface area (Å²) in [5.74, 6) is 0.0188. The SMILES string of the molecule is CC(=O)C[C@H](C)C(C)(C)C(=O)[C@H](C)[C@@H](O[Si](C)(C)C(C)(C)C)[C@@H](C)COCc1ccccc1. The fourth-order valence-corrected chi connectivity index (χ4v) is 5.40. The Morgan fingerprint density at radius 3 is 2.00 bits per heavy atom. The molecule has 0 aliphatic rings. The molecule has 0 saturated heterocycles. The molecular weight excluding hydrogens is 428 g/mol. The number of benzene rings is 1. The van der Waals surface area contributed by atoms with E-state index < -0.39 is 13.7 Å². The van der Waals surface area contributed by atoms with Gasteiger partial charge in [-0.05, 0) is 36.5 Å². The van der Waals surface area contributed by atoms with Crippen LogP contribution in [-0.4, -0.2) is 32.6 Å². The van der Waals surface area contributed by atoms with Gasteiger partial charge in [-0.3, -0.25) is 4.79 Å². The van der Waals surface area contributed by atoms with Gasteiger partial charge in [0.05, 0.1) is 19.3 Å². The molecule has 0 heterocycles. The maximum absolute atomic E-state index is 13.7. The Kier molecular flexibility index (Phi) is 10.7. The average Bonchev–Trinajstić information content (AvgIpc) is 2.70. The molecule has 0 bridgehead atoms. The fourth-order valence-electron chi connectivity index (χ4n) is 3.92. The molecule has 0 amide bonds. The van der Waals surface area contributed by atoms with Crippen LogP contribution >= 0.6 is 0 Å². The zero-order valence-corrected chi connectivity index (χ0v) is 24.0. The molecule has 0 N–H and O–H groups in total. The van der Waals surface area contributed by atoms with Gasteiger partial charge in [0.15, 0.2) is 8.32 Å². The van der Waals surface area contributed by atoms with Crippen molar-refractivity contribution in [2.24, 2.45) is 23.2 Å². The molecule has 4 atom stereocenters. The van der Waals surface area contributed by atoms with Crippen molar-refractivity contribution in [2.75, 3.05) is 6.61 Å². The number of rotatable bonds is 13. The number of ether oxygens (including phenoxy) is 1. The van der Waals surface area contributed by atoms with E-state index in [0.717, 1.165) is 5.56 Å². The van der Waals surface area contributed by atoms with Crippen LogP contribution in [0.1, 0.15) is 74.3 Å². The van der Waals surface area contributed by atoms with Crippen LogP contribution in [0.5, 0.6) is 0 Å². The molecular formula is C28H48O4Si. The predicted molar refractivity (Wildman–Crippen MR) is 140 cm³/mol. The Hall–Kier alpha value is -1.30. The molecule has 188 valence electrons. The monoisotopic (exact) mass is 476 g/mol. The minimum atomic E-state index is -2.12. The maximum atomic E-state index is 13.7. The number of ketones is 2. The van der Waals surface area contributed by atoms with E-state index in [4.69, 9.17) is 9.16 Å². The lowest BCUT2D eigenvalue weighted by Gasteiger charge is -2.44. The van der Waals surface area contributed by atoms with Gasteiger partial charge in [-0.25, -0.2) is 0 Å². The van der Waals surface area contributed by atoms with Crippen molar-refractivity contribution < 1.29 is 18.8 Å². The van der Waals surface area contributed by atoms with Gasteiger partial charge in [-0.15, -0.1) is 0 Å². The summed E-state index contributed by atoms with van der Waals surface area (Å²) < 4.78 is 12.9. The molecule has 0 aromatic heterocycles. The third-order valence-corrected chi connectivity index (χ3v) is 12.1. The molecule has 1 aromatic rings. The molecule has 33 heavy (non-hydrogen) atoms. The second kappa shape index (κ2) is 11.9. The third-order valence-electron chi connectivity index (χ3n) is 7.66. The molecule has 0 saturated carbocycles. The molecule has 0 fully saturated rings. The highest BCUT2D eigenvalue weighted by atomic mass is 28.4. The van der Waals surface area contributed by atoms with Crippen LogP contribution in [-0.2, 0) is 25.4 Å². The lowest BCUT2D eigenvalue weighted by Crippen LogP contribution is -2.51. The number of carbonyl (C=O) groups excluding carboxylic acids is 2. The van der Waals surface area contributed by atoms with Crippen molar-refractivity contribution in [2.45, 2.75) is 99.6 Å². The summed E-state index contributed by atoms with van der Waals surface area (Å²) in [6.45, 7) is 23.9. The summed E-state index contributed by atoms with van der Waals surface area (Å²) in [5, 5.41) is 0.0378. The Bertz CT molecular complexity index is 764. The minimum Gasteiger partial charge on any atom is -0.413 e. The number of hydrogen-bond acceptors (Lipinski definition) is 4. The Labute approximate surface area is 204 Å². The van der Waals surface area contributed by atoms with Crippen LogP contribution < -0.4 is 0 Å². The molecule has 5 heteroatoms. The molecule has 4 nitrogen and oxygen atoms in total. The van der Waals surface area contributed by atoms with Gasteiger partial charge >= 0.3 is 0 Å². The van der Waals surface area contributed by atoms with E-state index in [-0.39, 0.29) is 40.5 Å². The normalized spacial score (nSPS) is 16.7. The largest absolute Gasteiger partial charge is 0.413 e. The maximum Gasteiger partial charge on any atom is 0.192 e. The fraction of sp³-hybridized carbons (Fsp3) is 0.714. The highest BCUT2D eigenvalue weighted by molar-refractivity contribution is 6.74. The van der Waals surface area contributed by atoms with Gasteiger partial charge in [-0.2, -0.15) is 0 Å². The Balaban J connectivity index is 3.09. The van der Waals surface area contributed by atoms with Crippen LogP contribution in [0.25, 0.3) is 0 Å². The van der Waals surface area contributed by atoms with Gasteiger partial charge in [0.1, 0.15) is 11.6 Å². The minimum absolute atomic E-state index is 0.0249. The summed E-state index contributed by atoms with van der Waals surface area (Å²) in [7, 11) is -2.12. The molecule has 1 rings (SSSR count). The Morgan fingerprint density at radius 2 is 1.52 bits per heavy atom. The van der Waals surface area contributed by atoms with E-state index in [2.05, 4.69) is 52.9 Å². The Morgan fingerprint density at radius 1 is 0.970 bits per heavy atom. The highest BCUT2D eigenvalue weighted by Crippen LogP contribution is 2.41. The molecule has 1 aromatic carbocycles. The zero-order chi connectivity index (χ0) is 25.6. The summed E-state index contributed by atoms with van der Waals surface area (Å²) >= 11 is 0. The number of Topliss-reactive ketones (excluding diaryl/α,β-unsaturated/α-hetero) is 2. The number of carbonyl (C=O) groups is 2. The quantitative estimate of drug-likeness (QED) is 0.286. The van der Waals surface area contributed by atoms with E-state index >= 15 is 0 Å². The summed E-state index contributed by atoms with van der Waals surface area (Å²) in [4.78, 5) is 25.5. The highest BCUT2D eigenvalue weighted by Gasteiger charge is 2.45.